The van der Waals surface area contributed by atoms with Crippen molar-refractivity contribution in [1.82, 2.24) is 10.3 Å². The number of benzene rings is 1. The monoisotopic (exact) mass is 288 g/mol. The Morgan fingerprint density at radius 3 is 2.81 bits per heavy atom. The molecule has 0 spiro atoms. The van der Waals surface area contributed by atoms with Gasteiger partial charge in [0.2, 0.25) is 5.89 Å². The van der Waals surface area contributed by atoms with Crippen molar-refractivity contribution in [2.75, 3.05) is 6.54 Å². The van der Waals surface area contributed by atoms with Crippen molar-refractivity contribution in [2.24, 2.45) is 5.92 Å². The standard InChI is InChI=1S/C16H20N2O3/c1-16(2,3)15-18-12-6-9(4-5-13(12)21-15)11-7-10(8-17-11)14(19)20/h4-6,10-11,17H,7-8H2,1-3H3,(H,19,20). The van der Waals surface area contributed by atoms with Gasteiger partial charge in [-0.1, -0.05) is 26.8 Å². The number of nitrogens with zero attached hydrogens (tertiary/aromatic N) is 1. The van der Waals surface area contributed by atoms with Gasteiger partial charge in [0, 0.05) is 18.0 Å². The average molecular weight is 288 g/mol. The summed E-state index contributed by atoms with van der Waals surface area (Å²) in [6, 6.07) is 5.98. The summed E-state index contributed by atoms with van der Waals surface area (Å²) in [5.74, 6) is -0.326. The highest BCUT2D eigenvalue weighted by Crippen LogP contribution is 2.31. The summed E-state index contributed by atoms with van der Waals surface area (Å²) in [6.07, 6.45) is 0.616. The van der Waals surface area contributed by atoms with Gasteiger partial charge in [-0.25, -0.2) is 4.98 Å². The van der Waals surface area contributed by atoms with Crippen LogP contribution in [0.1, 0.15) is 44.7 Å². The smallest absolute Gasteiger partial charge is 0.307 e. The lowest BCUT2D eigenvalue weighted by Gasteiger charge is -2.11. The summed E-state index contributed by atoms with van der Waals surface area (Å²) in [7, 11) is 0. The number of hydrogen-bond donors (Lipinski definition) is 2. The number of nitrogens with one attached hydrogen (secondary N) is 1. The van der Waals surface area contributed by atoms with Crippen LogP contribution in [-0.4, -0.2) is 22.6 Å². The van der Waals surface area contributed by atoms with Crippen LogP contribution in [0.15, 0.2) is 22.6 Å². The Labute approximate surface area is 123 Å². The van der Waals surface area contributed by atoms with E-state index >= 15 is 0 Å². The number of aliphatic carboxylic acids is 1. The topological polar surface area (TPSA) is 75.4 Å². The Bertz CT molecular complexity index is 684. The van der Waals surface area contributed by atoms with Crippen LogP contribution >= 0.6 is 0 Å². The minimum Gasteiger partial charge on any atom is -0.481 e. The Balaban J connectivity index is 1.90. The SMILES string of the molecule is CC(C)(C)c1nc2cc(C3CC(C(=O)O)CN3)ccc2o1. The molecule has 0 bridgehead atoms. The molecule has 0 aliphatic carbocycles. The summed E-state index contributed by atoms with van der Waals surface area (Å²) in [6.45, 7) is 6.71. The van der Waals surface area contributed by atoms with Gasteiger partial charge in [-0.2, -0.15) is 0 Å². The van der Waals surface area contributed by atoms with E-state index in [0.717, 1.165) is 22.6 Å². The van der Waals surface area contributed by atoms with Gasteiger partial charge >= 0.3 is 5.97 Å². The van der Waals surface area contributed by atoms with Crippen LogP contribution in [0.3, 0.4) is 0 Å². The molecule has 2 atom stereocenters. The molecular formula is C16H20N2O3. The first kappa shape index (κ1) is 14.1. The van der Waals surface area contributed by atoms with E-state index in [1.807, 2.05) is 18.2 Å². The van der Waals surface area contributed by atoms with Crippen molar-refractivity contribution < 1.29 is 14.3 Å². The molecule has 2 aromatic rings. The second-order valence-corrected chi connectivity index (χ2v) is 6.73. The van der Waals surface area contributed by atoms with Crippen molar-refractivity contribution in [3.8, 4) is 0 Å². The molecule has 1 aromatic carbocycles. The lowest BCUT2D eigenvalue weighted by Crippen LogP contribution is -2.17. The number of aromatic nitrogens is 1. The summed E-state index contributed by atoms with van der Waals surface area (Å²) in [5.41, 5.74) is 2.55. The van der Waals surface area contributed by atoms with Crippen molar-refractivity contribution in [2.45, 2.75) is 38.6 Å². The first-order valence-corrected chi connectivity index (χ1v) is 7.22. The predicted octanol–water partition coefficient (Wildman–Crippen LogP) is 2.86. The van der Waals surface area contributed by atoms with E-state index in [-0.39, 0.29) is 17.4 Å². The second-order valence-electron chi connectivity index (χ2n) is 6.73. The number of fused-ring (bicyclic) bond motifs is 1. The molecule has 0 saturated carbocycles. The molecule has 1 aliphatic rings. The molecule has 21 heavy (non-hydrogen) atoms. The highest BCUT2D eigenvalue weighted by molar-refractivity contribution is 5.74. The molecule has 0 radical (unpaired) electrons. The maximum absolute atomic E-state index is 11.0. The third-order valence-corrected chi connectivity index (χ3v) is 3.94. The van der Waals surface area contributed by atoms with Crippen molar-refractivity contribution in [1.29, 1.82) is 0 Å². The van der Waals surface area contributed by atoms with Gasteiger partial charge in [-0.15, -0.1) is 0 Å². The van der Waals surface area contributed by atoms with E-state index in [9.17, 15) is 4.79 Å². The zero-order chi connectivity index (χ0) is 15.2. The summed E-state index contributed by atoms with van der Waals surface area (Å²) in [4.78, 5) is 15.6. The van der Waals surface area contributed by atoms with Gasteiger partial charge in [0.15, 0.2) is 5.58 Å². The number of carboxylic acid groups (broad SMARTS) is 1. The summed E-state index contributed by atoms with van der Waals surface area (Å²) < 4.78 is 5.78. The summed E-state index contributed by atoms with van der Waals surface area (Å²) >= 11 is 0. The molecule has 1 fully saturated rings. The van der Waals surface area contributed by atoms with Gasteiger partial charge in [0.05, 0.1) is 5.92 Å². The van der Waals surface area contributed by atoms with E-state index in [4.69, 9.17) is 9.52 Å². The van der Waals surface area contributed by atoms with E-state index < -0.39 is 5.97 Å². The quantitative estimate of drug-likeness (QED) is 0.888. The lowest BCUT2D eigenvalue weighted by molar-refractivity contribution is -0.141. The molecule has 2 heterocycles. The van der Waals surface area contributed by atoms with E-state index in [1.165, 1.54) is 0 Å². The molecular weight excluding hydrogens is 268 g/mol. The molecule has 3 rings (SSSR count). The molecule has 2 N–H and O–H groups in total. The molecule has 1 aliphatic heterocycles. The first-order valence-electron chi connectivity index (χ1n) is 7.22. The summed E-state index contributed by atoms with van der Waals surface area (Å²) in [5, 5.41) is 12.3. The van der Waals surface area contributed by atoms with Gasteiger partial charge in [0.25, 0.3) is 0 Å². The molecule has 1 aromatic heterocycles. The van der Waals surface area contributed by atoms with Crippen LogP contribution in [-0.2, 0) is 10.2 Å². The molecule has 0 amide bonds. The van der Waals surface area contributed by atoms with Gasteiger partial charge in [0.1, 0.15) is 5.52 Å². The Hall–Kier alpha value is -1.88. The van der Waals surface area contributed by atoms with Crippen molar-refractivity contribution in [3.05, 3.63) is 29.7 Å². The number of carbonyl (C=O) groups is 1. The first-order chi connectivity index (χ1) is 9.84. The van der Waals surface area contributed by atoms with Crippen molar-refractivity contribution in [3.63, 3.8) is 0 Å². The molecule has 112 valence electrons. The minimum atomic E-state index is -0.734. The minimum absolute atomic E-state index is 0.0743. The van der Waals surface area contributed by atoms with Crippen LogP contribution in [0.2, 0.25) is 0 Å². The lowest BCUT2D eigenvalue weighted by atomic mass is 9.97. The molecule has 1 saturated heterocycles. The number of carboxylic acids is 1. The highest BCUT2D eigenvalue weighted by Gasteiger charge is 2.30. The van der Waals surface area contributed by atoms with Gasteiger partial charge in [-0.05, 0) is 24.1 Å². The predicted molar refractivity (Wildman–Crippen MR) is 79.2 cm³/mol. The Kier molecular flexibility index (Phi) is 3.24. The normalized spacial score (nSPS) is 22.8. The van der Waals surface area contributed by atoms with Crippen LogP contribution in [0, 0.1) is 5.92 Å². The highest BCUT2D eigenvalue weighted by atomic mass is 16.4. The molecule has 5 nitrogen and oxygen atoms in total. The number of rotatable bonds is 2. The number of oxazole rings is 1. The number of hydrogen-bond acceptors (Lipinski definition) is 4. The fourth-order valence-corrected chi connectivity index (χ4v) is 2.66. The molecule has 2 unspecified atom stereocenters. The van der Waals surface area contributed by atoms with Gasteiger partial charge < -0.3 is 14.8 Å². The maximum Gasteiger partial charge on any atom is 0.307 e. The van der Waals surface area contributed by atoms with Crippen LogP contribution in [0.5, 0.6) is 0 Å². The largest absolute Gasteiger partial charge is 0.481 e. The Morgan fingerprint density at radius 2 is 2.19 bits per heavy atom. The second kappa shape index (κ2) is 4.84. The molecule has 5 heteroatoms. The van der Waals surface area contributed by atoms with E-state index in [0.29, 0.717) is 13.0 Å². The third-order valence-electron chi connectivity index (χ3n) is 3.94. The maximum atomic E-state index is 11.0. The van der Waals surface area contributed by atoms with Crippen LogP contribution < -0.4 is 5.32 Å². The van der Waals surface area contributed by atoms with Crippen LogP contribution in [0.4, 0.5) is 0 Å². The zero-order valence-corrected chi connectivity index (χ0v) is 12.5. The van der Waals surface area contributed by atoms with Crippen molar-refractivity contribution >= 4 is 17.1 Å². The fraction of sp³-hybridized carbons (Fsp3) is 0.500. The van der Waals surface area contributed by atoms with Crippen LogP contribution in [0.25, 0.3) is 11.1 Å². The third kappa shape index (κ3) is 2.65. The van der Waals surface area contributed by atoms with E-state index in [2.05, 4.69) is 31.1 Å². The van der Waals surface area contributed by atoms with Gasteiger partial charge in [-0.3, -0.25) is 4.79 Å². The average Bonchev–Trinajstić information content (AvgIpc) is 3.04. The van der Waals surface area contributed by atoms with E-state index in [1.54, 1.807) is 0 Å². The zero-order valence-electron chi connectivity index (χ0n) is 12.5. The Morgan fingerprint density at radius 1 is 1.43 bits per heavy atom. The fourth-order valence-electron chi connectivity index (χ4n) is 2.66.